The van der Waals surface area contributed by atoms with Crippen molar-refractivity contribution in [2.45, 2.75) is 38.4 Å². The van der Waals surface area contributed by atoms with E-state index >= 15 is 0 Å². The molecule has 1 saturated carbocycles. The Kier molecular flexibility index (Phi) is 9.34. The van der Waals surface area contributed by atoms with E-state index in [1.807, 2.05) is 30.3 Å². The van der Waals surface area contributed by atoms with Crippen LogP contribution in [0.1, 0.15) is 52.0 Å². The van der Waals surface area contributed by atoms with Gasteiger partial charge < -0.3 is 25.2 Å². The lowest BCUT2D eigenvalue weighted by Gasteiger charge is -2.26. The van der Waals surface area contributed by atoms with E-state index in [-0.39, 0.29) is 36.9 Å². The van der Waals surface area contributed by atoms with Gasteiger partial charge in [-0.25, -0.2) is 0 Å². The Morgan fingerprint density at radius 1 is 0.711 bits per heavy atom. The smallest absolute Gasteiger partial charge is 0.306 e. The van der Waals surface area contributed by atoms with Crippen LogP contribution in [0.4, 0.5) is 0 Å². The monoisotopic (exact) mass is 516 g/mol. The van der Waals surface area contributed by atoms with E-state index in [4.69, 9.17) is 14.6 Å². The summed E-state index contributed by atoms with van der Waals surface area (Å²) in [6.07, 6.45) is 2.64. The number of nitrogens with one attached hydrogen (secondary N) is 2. The highest BCUT2D eigenvalue weighted by atomic mass is 16.5. The molecule has 0 aromatic heterocycles. The van der Waals surface area contributed by atoms with Gasteiger partial charge in [-0.2, -0.15) is 0 Å². The lowest BCUT2D eigenvalue weighted by atomic mass is 9.87. The van der Waals surface area contributed by atoms with Crippen LogP contribution < -0.4 is 20.1 Å². The first kappa shape index (κ1) is 26.7. The molecule has 0 radical (unpaired) electrons. The molecular formula is C30H32N2O6. The largest absolute Gasteiger partial charge is 0.490 e. The van der Waals surface area contributed by atoms with Crippen LogP contribution in [0, 0.1) is 5.92 Å². The molecule has 0 spiro atoms. The zero-order valence-electron chi connectivity index (χ0n) is 21.1. The summed E-state index contributed by atoms with van der Waals surface area (Å²) in [5.74, 6) is -0.155. The third-order valence-electron chi connectivity index (χ3n) is 6.50. The molecule has 3 N–H and O–H groups in total. The van der Waals surface area contributed by atoms with Gasteiger partial charge in [0.05, 0.1) is 12.0 Å². The van der Waals surface area contributed by atoms with Crippen molar-refractivity contribution in [3.63, 3.8) is 0 Å². The number of carboxylic acid groups (broad SMARTS) is 1. The second kappa shape index (κ2) is 13.3. The number of carboxylic acids is 1. The van der Waals surface area contributed by atoms with E-state index in [0.29, 0.717) is 54.9 Å². The van der Waals surface area contributed by atoms with Crippen LogP contribution in [-0.4, -0.2) is 42.1 Å². The van der Waals surface area contributed by atoms with Crippen molar-refractivity contribution in [3.8, 4) is 11.5 Å². The molecule has 8 nitrogen and oxygen atoms in total. The highest BCUT2D eigenvalue weighted by Gasteiger charge is 2.26. The predicted molar refractivity (Wildman–Crippen MR) is 142 cm³/mol. The average Bonchev–Trinajstić information content (AvgIpc) is 2.95. The molecule has 1 aliphatic carbocycles. The van der Waals surface area contributed by atoms with E-state index in [2.05, 4.69) is 10.6 Å². The Hall–Kier alpha value is -4.33. The maximum absolute atomic E-state index is 12.4. The summed E-state index contributed by atoms with van der Waals surface area (Å²) in [7, 11) is 0. The van der Waals surface area contributed by atoms with Gasteiger partial charge in [0.15, 0.2) is 0 Å². The van der Waals surface area contributed by atoms with E-state index in [9.17, 15) is 14.4 Å². The van der Waals surface area contributed by atoms with Crippen molar-refractivity contribution in [1.82, 2.24) is 10.6 Å². The number of hydrogen-bond donors (Lipinski definition) is 3. The average molecular weight is 517 g/mol. The molecule has 1 aliphatic rings. The summed E-state index contributed by atoms with van der Waals surface area (Å²) in [6, 6.07) is 23.6. The van der Waals surface area contributed by atoms with Crippen LogP contribution in [0.3, 0.4) is 0 Å². The number of carbonyl (C=O) groups excluding carboxylic acids is 2. The molecule has 0 heterocycles. The highest BCUT2D eigenvalue weighted by molar-refractivity contribution is 5.95. The molecule has 0 unspecified atom stereocenters. The van der Waals surface area contributed by atoms with E-state index in [1.165, 1.54) is 0 Å². The first-order chi connectivity index (χ1) is 18.5. The Bertz CT molecular complexity index is 1200. The van der Waals surface area contributed by atoms with Crippen molar-refractivity contribution >= 4 is 17.8 Å². The van der Waals surface area contributed by atoms with Gasteiger partial charge in [-0.15, -0.1) is 0 Å². The third-order valence-corrected chi connectivity index (χ3v) is 6.50. The molecule has 4 rings (SSSR count). The van der Waals surface area contributed by atoms with Gasteiger partial charge in [-0.05, 0) is 79.8 Å². The molecule has 2 amide bonds. The zero-order valence-corrected chi connectivity index (χ0v) is 21.1. The molecular weight excluding hydrogens is 484 g/mol. The molecule has 3 aromatic rings. The van der Waals surface area contributed by atoms with Crippen LogP contribution in [0.25, 0.3) is 0 Å². The maximum Gasteiger partial charge on any atom is 0.306 e. The summed E-state index contributed by atoms with van der Waals surface area (Å²) >= 11 is 0. The first-order valence-electron chi connectivity index (χ1n) is 12.8. The normalized spacial score (nSPS) is 16.7. The minimum atomic E-state index is -0.739. The second-order valence-electron chi connectivity index (χ2n) is 9.26. The van der Waals surface area contributed by atoms with Gasteiger partial charge in [0.25, 0.3) is 11.8 Å². The summed E-state index contributed by atoms with van der Waals surface area (Å²) in [5.41, 5.74) is 2.07. The fraction of sp³-hybridized carbons (Fsp3) is 0.300. The van der Waals surface area contributed by atoms with E-state index < -0.39 is 5.97 Å². The lowest BCUT2D eigenvalue weighted by Crippen LogP contribution is -2.34. The van der Waals surface area contributed by atoms with Crippen LogP contribution in [0.15, 0.2) is 78.9 Å². The zero-order chi connectivity index (χ0) is 26.7. The van der Waals surface area contributed by atoms with Crippen LogP contribution in [0.5, 0.6) is 11.5 Å². The number of benzene rings is 3. The van der Waals surface area contributed by atoms with Crippen LogP contribution in [-0.2, 0) is 11.4 Å². The summed E-state index contributed by atoms with van der Waals surface area (Å²) in [6.45, 7) is 1.03. The fourth-order valence-electron chi connectivity index (χ4n) is 4.30. The van der Waals surface area contributed by atoms with Gasteiger partial charge in [0, 0.05) is 24.2 Å². The standard InChI is InChI=1S/C30H32N2O6/c33-28(22-6-12-25(13-7-22)37-20-21-4-2-1-3-5-21)31-18-19-32-29(34)23-8-14-26(15-9-23)38-27-16-10-24(11-17-27)30(35)36/h1-9,12-15,24,27H,10-11,16-20H2,(H,31,33)(H,32,34)(H,35,36). The Morgan fingerprint density at radius 3 is 1.76 bits per heavy atom. The lowest BCUT2D eigenvalue weighted by molar-refractivity contribution is -0.143. The van der Waals surface area contributed by atoms with Crippen molar-refractivity contribution in [3.05, 3.63) is 95.6 Å². The highest BCUT2D eigenvalue weighted by Crippen LogP contribution is 2.28. The minimum absolute atomic E-state index is 0.00749. The molecule has 198 valence electrons. The molecule has 0 bridgehead atoms. The van der Waals surface area contributed by atoms with Crippen LogP contribution in [0.2, 0.25) is 0 Å². The number of rotatable bonds is 11. The Morgan fingerprint density at radius 2 is 1.24 bits per heavy atom. The number of hydrogen-bond acceptors (Lipinski definition) is 5. The Labute approximate surface area is 222 Å². The van der Waals surface area contributed by atoms with Gasteiger partial charge in [-0.1, -0.05) is 30.3 Å². The summed E-state index contributed by atoms with van der Waals surface area (Å²) < 4.78 is 11.7. The molecule has 0 atom stereocenters. The molecule has 38 heavy (non-hydrogen) atoms. The quantitative estimate of drug-likeness (QED) is 0.325. The molecule has 3 aromatic carbocycles. The van der Waals surface area contributed by atoms with E-state index in [1.54, 1.807) is 48.5 Å². The third kappa shape index (κ3) is 7.83. The van der Waals surface area contributed by atoms with Gasteiger partial charge in [-0.3, -0.25) is 14.4 Å². The topological polar surface area (TPSA) is 114 Å². The molecule has 1 fully saturated rings. The van der Waals surface area contributed by atoms with Gasteiger partial charge in [0.1, 0.15) is 18.1 Å². The summed E-state index contributed by atoms with van der Waals surface area (Å²) in [5, 5.41) is 14.7. The predicted octanol–water partition coefficient (Wildman–Crippen LogP) is 4.45. The molecule has 8 heteroatoms. The number of amides is 2. The minimum Gasteiger partial charge on any atom is -0.490 e. The van der Waals surface area contributed by atoms with Crippen molar-refractivity contribution in [1.29, 1.82) is 0 Å². The number of aliphatic carboxylic acids is 1. The molecule has 0 aliphatic heterocycles. The van der Waals surface area contributed by atoms with Gasteiger partial charge >= 0.3 is 5.97 Å². The summed E-state index contributed by atoms with van der Waals surface area (Å²) in [4.78, 5) is 35.9. The van der Waals surface area contributed by atoms with E-state index in [0.717, 1.165) is 5.56 Å². The fourth-order valence-corrected chi connectivity index (χ4v) is 4.30. The number of carbonyl (C=O) groups is 3. The van der Waals surface area contributed by atoms with Crippen LogP contribution >= 0.6 is 0 Å². The Balaban J connectivity index is 1.14. The SMILES string of the molecule is O=C(NCCNC(=O)c1ccc(OC2CCC(C(=O)O)CC2)cc1)c1ccc(OCc2ccccc2)cc1. The second-order valence-corrected chi connectivity index (χ2v) is 9.26. The van der Waals surface area contributed by atoms with Crippen molar-refractivity contribution in [2.24, 2.45) is 5.92 Å². The number of ether oxygens (including phenoxy) is 2. The maximum atomic E-state index is 12.4. The van der Waals surface area contributed by atoms with Gasteiger partial charge in [0.2, 0.25) is 0 Å². The first-order valence-corrected chi connectivity index (χ1v) is 12.8. The van der Waals surface area contributed by atoms with Crippen molar-refractivity contribution in [2.75, 3.05) is 13.1 Å². The molecule has 0 saturated heterocycles. The van der Waals surface area contributed by atoms with Crippen molar-refractivity contribution < 1.29 is 29.0 Å².